The van der Waals surface area contributed by atoms with Crippen LogP contribution in [0.3, 0.4) is 0 Å². The highest BCUT2D eigenvalue weighted by molar-refractivity contribution is 5.69. The van der Waals surface area contributed by atoms with Crippen molar-refractivity contribution in [3.8, 4) is 0 Å². The summed E-state index contributed by atoms with van der Waals surface area (Å²) in [5, 5.41) is 0. The van der Waals surface area contributed by atoms with Crippen LogP contribution in [0.15, 0.2) is 0 Å². The van der Waals surface area contributed by atoms with Gasteiger partial charge >= 0.3 is 12.1 Å². The van der Waals surface area contributed by atoms with Gasteiger partial charge in [-0.15, -0.1) is 0 Å². The molecule has 0 aliphatic carbocycles. The van der Waals surface area contributed by atoms with Crippen LogP contribution in [0.1, 0.15) is 188 Å². The average Bonchev–Trinajstić information content (AvgIpc) is 3.01. The first-order chi connectivity index (χ1) is 21.7. The molecule has 1 unspecified atom stereocenters. The first-order valence-corrected chi connectivity index (χ1v) is 19.5. The van der Waals surface area contributed by atoms with E-state index in [1.165, 1.54) is 155 Å². The normalized spacial score (nSPS) is 15.5. The van der Waals surface area contributed by atoms with Crippen molar-refractivity contribution in [3.05, 3.63) is 0 Å². The van der Waals surface area contributed by atoms with E-state index in [0.717, 1.165) is 38.9 Å². The fourth-order valence-electron chi connectivity index (χ4n) is 6.61. The van der Waals surface area contributed by atoms with Crippen molar-refractivity contribution in [1.82, 2.24) is 9.80 Å². The molecule has 266 valence electrons. The van der Waals surface area contributed by atoms with Gasteiger partial charge in [0, 0.05) is 19.5 Å². The number of ether oxygens (including phenoxy) is 2. The molecule has 1 amide bonds. The van der Waals surface area contributed by atoms with E-state index in [1.807, 2.05) is 25.7 Å². The zero-order valence-corrected chi connectivity index (χ0v) is 30.8. The largest absolute Gasteiger partial charge is 0.469 e. The summed E-state index contributed by atoms with van der Waals surface area (Å²) in [5.41, 5.74) is -0.430. The molecule has 1 saturated heterocycles. The highest BCUT2D eigenvalue weighted by Crippen LogP contribution is 2.23. The fraction of sp³-hybridized carbons (Fsp3) is 0.949. The smallest absolute Gasteiger partial charge is 0.410 e. The first kappa shape index (κ1) is 41.7. The molecule has 1 heterocycles. The second-order valence-electron chi connectivity index (χ2n) is 15.0. The van der Waals surface area contributed by atoms with Gasteiger partial charge in [0.15, 0.2) is 0 Å². The Morgan fingerprint density at radius 2 is 1.16 bits per heavy atom. The summed E-state index contributed by atoms with van der Waals surface area (Å²) in [6.45, 7) is 13.4. The van der Waals surface area contributed by atoms with Gasteiger partial charge in [-0.1, -0.05) is 122 Å². The third-order valence-corrected chi connectivity index (χ3v) is 9.44. The molecule has 1 atom stereocenters. The van der Waals surface area contributed by atoms with Crippen LogP contribution < -0.4 is 0 Å². The molecular formula is C39H76N2O4. The lowest BCUT2D eigenvalue weighted by Gasteiger charge is -2.35. The Morgan fingerprint density at radius 3 is 1.62 bits per heavy atom. The summed E-state index contributed by atoms with van der Waals surface area (Å²) in [6, 6.07) is 0. The molecule has 0 N–H and O–H groups in total. The Kier molecular flexibility index (Phi) is 25.8. The van der Waals surface area contributed by atoms with Crippen molar-refractivity contribution in [2.75, 3.05) is 39.8 Å². The van der Waals surface area contributed by atoms with Gasteiger partial charge in [-0.25, -0.2) is 4.79 Å². The van der Waals surface area contributed by atoms with E-state index >= 15 is 0 Å². The highest BCUT2D eigenvalue weighted by Gasteiger charge is 2.27. The number of unbranched alkanes of at least 4 members (excludes halogenated alkanes) is 19. The molecule has 0 aromatic heterocycles. The standard InChI is InChI=1S/C39H76N2O4/c1-6-7-8-9-10-11-12-13-16-19-22-25-31-40(32-26-23-20-17-14-15-18-21-24-29-37(42)44-5)34-30-36-28-27-33-41(35-36)38(43)45-39(2,3)4/h36H,6-35H2,1-5H3. The van der Waals surface area contributed by atoms with E-state index in [2.05, 4.69) is 11.8 Å². The third-order valence-electron chi connectivity index (χ3n) is 9.44. The van der Waals surface area contributed by atoms with Crippen molar-refractivity contribution in [2.45, 2.75) is 194 Å². The Labute approximate surface area is 280 Å². The third kappa shape index (κ3) is 25.5. The molecule has 0 saturated carbocycles. The zero-order valence-electron chi connectivity index (χ0n) is 30.8. The molecule has 0 bridgehead atoms. The van der Waals surface area contributed by atoms with Gasteiger partial charge in [0.25, 0.3) is 0 Å². The number of likely N-dealkylation sites (tertiary alicyclic amines) is 1. The molecule has 0 radical (unpaired) electrons. The van der Waals surface area contributed by atoms with Gasteiger partial charge < -0.3 is 19.3 Å². The van der Waals surface area contributed by atoms with Gasteiger partial charge in [-0.2, -0.15) is 0 Å². The van der Waals surface area contributed by atoms with Crippen LogP contribution >= 0.6 is 0 Å². The Hall–Kier alpha value is -1.30. The van der Waals surface area contributed by atoms with Crippen molar-refractivity contribution < 1.29 is 19.1 Å². The van der Waals surface area contributed by atoms with E-state index in [9.17, 15) is 9.59 Å². The lowest BCUT2D eigenvalue weighted by atomic mass is 9.94. The summed E-state index contributed by atoms with van der Waals surface area (Å²) in [4.78, 5) is 28.6. The van der Waals surface area contributed by atoms with Crippen LogP contribution in [0.5, 0.6) is 0 Å². The molecule has 1 rings (SSSR count). The van der Waals surface area contributed by atoms with Crippen LogP contribution in [0.2, 0.25) is 0 Å². The van der Waals surface area contributed by atoms with Gasteiger partial charge in [0.1, 0.15) is 5.60 Å². The number of piperidine rings is 1. The average molecular weight is 637 g/mol. The molecule has 1 fully saturated rings. The van der Waals surface area contributed by atoms with E-state index in [4.69, 9.17) is 9.47 Å². The Balaban J connectivity index is 2.30. The van der Waals surface area contributed by atoms with Gasteiger partial charge in [0.05, 0.1) is 7.11 Å². The zero-order chi connectivity index (χ0) is 33.0. The van der Waals surface area contributed by atoms with Crippen LogP contribution in [-0.4, -0.2) is 67.3 Å². The first-order valence-electron chi connectivity index (χ1n) is 19.5. The minimum Gasteiger partial charge on any atom is -0.469 e. The summed E-state index contributed by atoms with van der Waals surface area (Å²) in [6.07, 6.45) is 32.0. The molecule has 0 spiro atoms. The number of hydrogen-bond donors (Lipinski definition) is 0. The summed E-state index contributed by atoms with van der Waals surface area (Å²) in [5.74, 6) is 0.507. The molecular weight excluding hydrogens is 560 g/mol. The summed E-state index contributed by atoms with van der Waals surface area (Å²) < 4.78 is 10.4. The molecule has 45 heavy (non-hydrogen) atoms. The summed E-state index contributed by atoms with van der Waals surface area (Å²) >= 11 is 0. The monoisotopic (exact) mass is 637 g/mol. The molecule has 0 aromatic rings. The molecule has 6 heteroatoms. The quantitative estimate of drug-likeness (QED) is 0.0631. The number of carbonyl (C=O) groups is 2. The number of rotatable bonds is 28. The molecule has 1 aliphatic rings. The van der Waals surface area contributed by atoms with Crippen molar-refractivity contribution >= 4 is 12.1 Å². The SMILES string of the molecule is CCCCCCCCCCCCCCN(CCCCCCCCCCCC(=O)OC)CCC1CCCN(C(=O)OC(C)(C)C)C1. The number of esters is 1. The van der Waals surface area contributed by atoms with E-state index in [-0.39, 0.29) is 12.1 Å². The maximum Gasteiger partial charge on any atom is 0.410 e. The van der Waals surface area contributed by atoms with Crippen LogP contribution in [0, 0.1) is 5.92 Å². The van der Waals surface area contributed by atoms with E-state index < -0.39 is 5.60 Å². The maximum absolute atomic E-state index is 12.7. The van der Waals surface area contributed by atoms with E-state index in [0.29, 0.717) is 12.3 Å². The molecule has 6 nitrogen and oxygen atoms in total. The van der Waals surface area contributed by atoms with Gasteiger partial charge in [0.2, 0.25) is 0 Å². The Bertz CT molecular complexity index is 708. The van der Waals surface area contributed by atoms with Crippen LogP contribution in [0.25, 0.3) is 0 Å². The van der Waals surface area contributed by atoms with Crippen LogP contribution in [-0.2, 0) is 14.3 Å². The van der Waals surface area contributed by atoms with Gasteiger partial charge in [-0.3, -0.25) is 4.79 Å². The lowest BCUT2D eigenvalue weighted by molar-refractivity contribution is -0.140. The molecule has 1 aliphatic heterocycles. The van der Waals surface area contributed by atoms with Gasteiger partial charge in [-0.05, 0) is 84.8 Å². The number of amides is 1. The lowest BCUT2D eigenvalue weighted by Crippen LogP contribution is -2.43. The molecule has 0 aromatic carbocycles. The van der Waals surface area contributed by atoms with E-state index in [1.54, 1.807) is 0 Å². The number of hydrogen-bond acceptors (Lipinski definition) is 5. The van der Waals surface area contributed by atoms with Crippen molar-refractivity contribution in [1.29, 1.82) is 0 Å². The topological polar surface area (TPSA) is 59.1 Å². The number of nitrogens with zero attached hydrogens (tertiary/aromatic N) is 2. The summed E-state index contributed by atoms with van der Waals surface area (Å²) in [7, 11) is 1.47. The Morgan fingerprint density at radius 1 is 0.689 bits per heavy atom. The second kappa shape index (κ2) is 27.8. The second-order valence-corrected chi connectivity index (χ2v) is 15.0. The maximum atomic E-state index is 12.7. The number of methoxy groups -OCH3 is 1. The highest BCUT2D eigenvalue weighted by atomic mass is 16.6. The van der Waals surface area contributed by atoms with Crippen molar-refractivity contribution in [2.24, 2.45) is 5.92 Å². The predicted molar refractivity (Wildman–Crippen MR) is 191 cm³/mol. The number of carbonyl (C=O) groups excluding carboxylic acids is 2. The van der Waals surface area contributed by atoms with Crippen LogP contribution in [0.4, 0.5) is 4.79 Å². The van der Waals surface area contributed by atoms with Crippen molar-refractivity contribution in [3.63, 3.8) is 0 Å². The predicted octanol–water partition coefficient (Wildman–Crippen LogP) is 11.1. The minimum absolute atomic E-state index is 0.0793. The fourth-order valence-corrected chi connectivity index (χ4v) is 6.61. The minimum atomic E-state index is -0.430.